The van der Waals surface area contributed by atoms with Crippen LogP contribution in [-0.2, 0) is 4.74 Å². The molecule has 4 heteroatoms. The zero-order valence-corrected chi connectivity index (χ0v) is 11.1. The first-order chi connectivity index (χ1) is 8.30. The molecular weight excluding hydrogens is 214 g/mol. The molecular formula is C13H25N3O. The number of nitriles is 1. The largest absolute Gasteiger partial charge is 0.377 e. The molecule has 0 radical (unpaired) electrons. The molecule has 0 aromatic carbocycles. The van der Waals surface area contributed by atoms with Gasteiger partial charge in [0.1, 0.15) is 0 Å². The third-order valence-corrected chi connectivity index (χ3v) is 3.23. The van der Waals surface area contributed by atoms with Crippen molar-refractivity contribution in [2.45, 2.75) is 45.3 Å². The van der Waals surface area contributed by atoms with Gasteiger partial charge in [0.2, 0.25) is 0 Å². The lowest BCUT2D eigenvalue weighted by atomic mass is 10.2. The second-order valence-corrected chi connectivity index (χ2v) is 4.58. The van der Waals surface area contributed by atoms with E-state index in [1.807, 2.05) is 6.92 Å². The first-order valence-corrected chi connectivity index (χ1v) is 6.77. The highest BCUT2D eigenvalue weighted by atomic mass is 16.5. The summed E-state index contributed by atoms with van der Waals surface area (Å²) >= 11 is 0. The Morgan fingerprint density at radius 1 is 1.53 bits per heavy atom. The fourth-order valence-electron chi connectivity index (χ4n) is 2.19. The van der Waals surface area contributed by atoms with Gasteiger partial charge in [-0.15, -0.1) is 0 Å². The molecule has 1 fully saturated rings. The zero-order chi connectivity index (χ0) is 12.5. The van der Waals surface area contributed by atoms with E-state index in [2.05, 4.69) is 23.2 Å². The van der Waals surface area contributed by atoms with E-state index in [1.165, 1.54) is 0 Å². The normalized spacial score (nSPS) is 23.9. The molecule has 98 valence electrons. The summed E-state index contributed by atoms with van der Waals surface area (Å²) in [6.45, 7) is 9.05. The molecule has 0 amide bonds. The van der Waals surface area contributed by atoms with Crippen LogP contribution < -0.4 is 5.32 Å². The lowest BCUT2D eigenvalue weighted by Crippen LogP contribution is -2.36. The van der Waals surface area contributed by atoms with Gasteiger partial charge in [0.15, 0.2) is 0 Å². The molecule has 0 aliphatic carbocycles. The third kappa shape index (κ3) is 5.49. The molecule has 17 heavy (non-hydrogen) atoms. The average Bonchev–Trinajstić information content (AvgIpc) is 2.59. The van der Waals surface area contributed by atoms with Crippen molar-refractivity contribution in [1.82, 2.24) is 10.2 Å². The lowest BCUT2D eigenvalue weighted by molar-refractivity contribution is 0.0516. The molecule has 2 atom stereocenters. The molecule has 1 N–H and O–H groups in total. The summed E-state index contributed by atoms with van der Waals surface area (Å²) in [7, 11) is 0. The maximum atomic E-state index is 8.98. The van der Waals surface area contributed by atoms with Crippen molar-refractivity contribution in [2.24, 2.45) is 0 Å². The molecule has 1 rings (SSSR count). The molecule has 2 unspecified atom stereocenters. The minimum absolute atomic E-state index is 0.00996. The van der Waals surface area contributed by atoms with E-state index in [-0.39, 0.29) is 6.04 Å². The minimum Gasteiger partial charge on any atom is -0.377 e. The van der Waals surface area contributed by atoms with Crippen LogP contribution in [0.4, 0.5) is 0 Å². The van der Waals surface area contributed by atoms with Crippen molar-refractivity contribution in [2.75, 3.05) is 32.8 Å². The van der Waals surface area contributed by atoms with E-state index in [1.54, 1.807) is 0 Å². The predicted octanol–water partition coefficient (Wildman–Crippen LogP) is 1.38. The van der Waals surface area contributed by atoms with Gasteiger partial charge >= 0.3 is 0 Å². The number of hydrogen-bond acceptors (Lipinski definition) is 4. The van der Waals surface area contributed by atoms with E-state index >= 15 is 0 Å². The van der Waals surface area contributed by atoms with Crippen molar-refractivity contribution in [3.8, 4) is 6.07 Å². The number of rotatable bonds is 6. The van der Waals surface area contributed by atoms with Gasteiger partial charge in [-0.25, -0.2) is 0 Å². The average molecular weight is 239 g/mol. The van der Waals surface area contributed by atoms with Crippen LogP contribution in [-0.4, -0.2) is 49.8 Å². The Morgan fingerprint density at radius 2 is 2.35 bits per heavy atom. The van der Waals surface area contributed by atoms with Crippen LogP contribution in [0.1, 0.15) is 33.1 Å². The maximum absolute atomic E-state index is 8.98. The second kappa shape index (κ2) is 8.46. The van der Waals surface area contributed by atoms with Gasteiger partial charge in [-0.1, -0.05) is 13.8 Å². The highest BCUT2D eigenvalue weighted by molar-refractivity contribution is 4.90. The van der Waals surface area contributed by atoms with Gasteiger partial charge in [0.25, 0.3) is 0 Å². The quantitative estimate of drug-likeness (QED) is 0.761. The molecule has 1 saturated heterocycles. The van der Waals surface area contributed by atoms with E-state index in [0.717, 1.165) is 52.0 Å². The summed E-state index contributed by atoms with van der Waals surface area (Å²) < 4.78 is 5.74. The Labute approximate surface area is 105 Å². The van der Waals surface area contributed by atoms with Crippen LogP contribution in [0.3, 0.4) is 0 Å². The lowest BCUT2D eigenvalue weighted by Gasteiger charge is -2.24. The molecule has 0 aromatic rings. The van der Waals surface area contributed by atoms with Crippen molar-refractivity contribution >= 4 is 0 Å². The number of ether oxygens (including phenoxy) is 1. The fraction of sp³-hybridized carbons (Fsp3) is 0.923. The number of nitrogens with zero attached hydrogens (tertiary/aromatic N) is 2. The van der Waals surface area contributed by atoms with E-state index in [4.69, 9.17) is 10.00 Å². The third-order valence-electron chi connectivity index (χ3n) is 3.23. The van der Waals surface area contributed by atoms with Crippen molar-refractivity contribution in [3.63, 3.8) is 0 Å². The molecule has 4 nitrogen and oxygen atoms in total. The van der Waals surface area contributed by atoms with Gasteiger partial charge in [0, 0.05) is 26.2 Å². The second-order valence-electron chi connectivity index (χ2n) is 4.58. The highest BCUT2D eigenvalue weighted by Gasteiger charge is 2.17. The Morgan fingerprint density at radius 3 is 3.00 bits per heavy atom. The summed E-state index contributed by atoms with van der Waals surface area (Å²) in [5.74, 6) is 0. The van der Waals surface area contributed by atoms with Crippen molar-refractivity contribution < 1.29 is 4.74 Å². The molecule has 1 heterocycles. The fourth-order valence-corrected chi connectivity index (χ4v) is 2.19. The topological polar surface area (TPSA) is 48.3 Å². The van der Waals surface area contributed by atoms with E-state index in [0.29, 0.717) is 6.10 Å². The van der Waals surface area contributed by atoms with Crippen LogP contribution in [0.5, 0.6) is 0 Å². The Bertz CT molecular complexity index is 239. The minimum atomic E-state index is -0.00996. The molecule has 1 aliphatic rings. The molecule has 1 aliphatic heterocycles. The van der Waals surface area contributed by atoms with Gasteiger partial charge in [-0.05, 0) is 25.8 Å². The molecule has 0 saturated carbocycles. The molecule has 0 bridgehead atoms. The highest BCUT2D eigenvalue weighted by Crippen LogP contribution is 2.09. The van der Waals surface area contributed by atoms with E-state index < -0.39 is 0 Å². The summed E-state index contributed by atoms with van der Waals surface area (Å²) in [5, 5.41) is 12.2. The van der Waals surface area contributed by atoms with Crippen molar-refractivity contribution in [1.29, 1.82) is 5.26 Å². The predicted molar refractivity (Wildman–Crippen MR) is 68.8 cm³/mol. The number of hydrogen-bond donors (Lipinski definition) is 1. The van der Waals surface area contributed by atoms with Gasteiger partial charge in [-0.3, -0.25) is 0 Å². The summed E-state index contributed by atoms with van der Waals surface area (Å²) in [6.07, 6.45) is 3.46. The summed E-state index contributed by atoms with van der Waals surface area (Å²) in [5.41, 5.74) is 0. The first kappa shape index (κ1) is 14.4. The Hall–Kier alpha value is -0.630. The smallest absolute Gasteiger partial charge is 0.0965 e. The van der Waals surface area contributed by atoms with Crippen LogP contribution in [0, 0.1) is 11.3 Å². The van der Waals surface area contributed by atoms with Crippen LogP contribution in [0.25, 0.3) is 0 Å². The van der Waals surface area contributed by atoms with Crippen LogP contribution >= 0.6 is 0 Å². The van der Waals surface area contributed by atoms with E-state index in [9.17, 15) is 0 Å². The summed E-state index contributed by atoms with van der Waals surface area (Å²) in [6, 6.07) is 2.30. The van der Waals surface area contributed by atoms with Crippen molar-refractivity contribution in [3.05, 3.63) is 0 Å². The first-order valence-electron chi connectivity index (χ1n) is 6.77. The zero-order valence-electron chi connectivity index (χ0n) is 11.1. The van der Waals surface area contributed by atoms with Gasteiger partial charge in [-0.2, -0.15) is 5.26 Å². The Balaban J connectivity index is 2.31. The Kier molecular flexibility index (Phi) is 7.18. The van der Waals surface area contributed by atoms with Crippen LogP contribution in [0.15, 0.2) is 0 Å². The maximum Gasteiger partial charge on any atom is 0.0965 e. The van der Waals surface area contributed by atoms with Gasteiger partial charge < -0.3 is 15.0 Å². The standard InChI is InChI=1S/C13H25N3O/c1-3-13-11-16(7-5-9-17-13)8-6-12(10-14)15-4-2/h12-13,15H,3-9,11H2,1-2H3. The SMILES string of the molecule is CCNC(C#N)CCN1CCCOC(CC)C1. The number of nitrogens with one attached hydrogen (secondary N) is 1. The molecule has 0 aromatic heterocycles. The van der Waals surface area contributed by atoms with Crippen LogP contribution in [0.2, 0.25) is 0 Å². The molecule has 0 spiro atoms. The summed E-state index contributed by atoms with van der Waals surface area (Å²) in [4.78, 5) is 2.43. The van der Waals surface area contributed by atoms with Gasteiger partial charge in [0.05, 0.1) is 18.2 Å². The monoisotopic (exact) mass is 239 g/mol.